The van der Waals surface area contributed by atoms with Crippen molar-refractivity contribution in [2.45, 2.75) is 29.2 Å². The summed E-state index contributed by atoms with van der Waals surface area (Å²) in [6.07, 6.45) is 2.26. The smallest absolute Gasteiger partial charge is 0.341 e. The first kappa shape index (κ1) is 21.4. The summed E-state index contributed by atoms with van der Waals surface area (Å²) < 4.78 is 30.5. The van der Waals surface area contributed by atoms with Gasteiger partial charge in [-0.25, -0.2) is 9.10 Å². The highest BCUT2D eigenvalue weighted by Crippen LogP contribution is 2.61. The van der Waals surface area contributed by atoms with Crippen molar-refractivity contribution in [2.24, 2.45) is 0 Å². The van der Waals surface area contributed by atoms with Crippen LogP contribution in [-0.4, -0.2) is 54.9 Å². The number of carboxylic acids is 1. The van der Waals surface area contributed by atoms with Gasteiger partial charge in [-0.05, 0) is 31.0 Å². The number of nitrogens with zero attached hydrogens (tertiary/aromatic N) is 2. The van der Waals surface area contributed by atoms with E-state index < -0.39 is 28.3 Å². The third kappa shape index (κ3) is 3.08. The number of fused-ring (bicyclic) bond motifs is 2. The van der Waals surface area contributed by atoms with Crippen molar-refractivity contribution >= 4 is 39.0 Å². The standard InChI is InChI=1S/C21H22N2O7S2/c1-22-9-15(24)13-7-16(31-21(13)32(22,28)29)11-5-6-12-17(19(11)30-2)23(10-3-4-10)8-14(18(12)25)20(26)27/h5-8,10,15,24,28-29H,3-4,9H2,1-2H3,(H,26,27). The normalized spacial score (nSPS) is 21.3. The molecule has 0 radical (unpaired) electrons. The number of carbonyl (C=O) groups is 1. The molecule has 4 N–H and O–H groups in total. The molecule has 1 unspecified atom stereocenters. The van der Waals surface area contributed by atoms with Crippen LogP contribution in [0.4, 0.5) is 0 Å². The van der Waals surface area contributed by atoms with Crippen LogP contribution in [0.25, 0.3) is 21.3 Å². The van der Waals surface area contributed by atoms with E-state index in [4.69, 9.17) is 4.74 Å². The monoisotopic (exact) mass is 478 g/mol. The summed E-state index contributed by atoms with van der Waals surface area (Å²) in [6, 6.07) is 5.06. The van der Waals surface area contributed by atoms with E-state index in [2.05, 4.69) is 0 Å². The van der Waals surface area contributed by atoms with Gasteiger partial charge >= 0.3 is 5.97 Å². The quantitative estimate of drug-likeness (QED) is 0.445. The summed E-state index contributed by atoms with van der Waals surface area (Å²) in [6.45, 7) is 0.0968. The zero-order valence-corrected chi connectivity index (χ0v) is 18.9. The number of β-amino-alcohol motifs (C(OH)–C–C–N with tert-alkyl or cyclic N) is 1. The lowest BCUT2D eigenvalue weighted by atomic mass is 10.0. The van der Waals surface area contributed by atoms with Crippen LogP contribution in [0.1, 0.15) is 40.9 Å². The number of methoxy groups -OCH3 is 1. The molecule has 1 aliphatic carbocycles. The summed E-state index contributed by atoms with van der Waals surface area (Å²) >= 11 is 1.16. The Kier molecular flexibility index (Phi) is 4.89. The highest BCUT2D eigenvalue weighted by Gasteiger charge is 2.37. The van der Waals surface area contributed by atoms with Crippen molar-refractivity contribution < 1.29 is 28.8 Å². The number of rotatable bonds is 4. The number of aromatic nitrogens is 1. The molecule has 1 saturated carbocycles. The number of pyridine rings is 1. The minimum absolute atomic E-state index is 0.0827. The van der Waals surface area contributed by atoms with Gasteiger partial charge in [-0.1, -0.05) is 10.8 Å². The van der Waals surface area contributed by atoms with E-state index in [0.29, 0.717) is 31.5 Å². The first-order valence-corrected chi connectivity index (χ1v) is 12.3. The Morgan fingerprint density at radius 3 is 2.62 bits per heavy atom. The number of likely N-dealkylation sites (N-methyl/N-ethyl adjacent to an activating group) is 1. The number of aromatic carboxylic acids is 1. The number of thiophene rings is 1. The van der Waals surface area contributed by atoms with Crippen molar-refractivity contribution in [3.8, 4) is 16.2 Å². The van der Waals surface area contributed by atoms with Gasteiger partial charge in [0.15, 0.2) is 5.75 Å². The summed E-state index contributed by atoms with van der Waals surface area (Å²) in [7, 11) is -0.177. The Hall–Kier alpha value is -2.41. The molecule has 9 nitrogen and oxygen atoms in total. The lowest BCUT2D eigenvalue weighted by molar-refractivity contribution is 0.0694. The molecule has 170 valence electrons. The highest BCUT2D eigenvalue weighted by atomic mass is 32.3. The third-order valence-corrected chi connectivity index (χ3v) is 9.64. The Labute approximate surface area is 188 Å². The topological polar surface area (TPSA) is 132 Å². The molecule has 0 spiro atoms. The molecule has 11 heteroatoms. The first-order valence-electron chi connectivity index (χ1n) is 9.96. The Morgan fingerprint density at radius 1 is 1.28 bits per heavy atom. The summed E-state index contributed by atoms with van der Waals surface area (Å²) in [5.74, 6) is -0.870. The molecule has 1 aromatic carbocycles. The van der Waals surface area contributed by atoms with E-state index in [1.807, 2.05) is 0 Å². The van der Waals surface area contributed by atoms with Crippen LogP contribution in [0.3, 0.4) is 0 Å². The number of aliphatic hydroxyl groups is 1. The molecular formula is C21H22N2O7S2. The number of ether oxygens (including phenoxy) is 1. The lowest BCUT2D eigenvalue weighted by Gasteiger charge is -2.44. The maximum atomic E-state index is 12.9. The lowest BCUT2D eigenvalue weighted by Crippen LogP contribution is -2.32. The van der Waals surface area contributed by atoms with Gasteiger partial charge in [-0.2, -0.15) is 0 Å². The summed E-state index contributed by atoms with van der Waals surface area (Å²) in [5.41, 5.74) is 0.738. The number of benzene rings is 1. The van der Waals surface area contributed by atoms with Crippen molar-refractivity contribution in [1.82, 2.24) is 8.87 Å². The molecule has 3 aromatic rings. The van der Waals surface area contributed by atoms with Crippen LogP contribution >= 0.6 is 22.1 Å². The largest absolute Gasteiger partial charge is 0.494 e. The molecule has 3 heterocycles. The zero-order chi connectivity index (χ0) is 22.9. The number of hydrogen-bond acceptors (Lipinski definition) is 8. The van der Waals surface area contributed by atoms with Crippen LogP contribution in [0, 0.1) is 0 Å². The van der Waals surface area contributed by atoms with E-state index in [-0.39, 0.29) is 23.5 Å². The van der Waals surface area contributed by atoms with E-state index in [1.54, 1.807) is 29.8 Å². The fourth-order valence-corrected chi connectivity index (χ4v) is 7.38. The molecule has 1 fully saturated rings. The van der Waals surface area contributed by atoms with Crippen LogP contribution in [0.5, 0.6) is 5.75 Å². The number of aliphatic hydroxyl groups excluding tert-OH is 1. The SMILES string of the molecule is COc1c(-c2cc3c(s2)S(O)(O)N(C)CC3O)ccc2c(=O)c(C(=O)O)cn(C3CC3)c12. The van der Waals surface area contributed by atoms with Crippen molar-refractivity contribution in [1.29, 1.82) is 0 Å². The predicted molar refractivity (Wildman–Crippen MR) is 122 cm³/mol. The Morgan fingerprint density at radius 2 is 2.00 bits per heavy atom. The molecule has 0 bridgehead atoms. The summed E-state index contributed by atoms with van der Waals surface area (Å²) in [5, 5.41) is 20.2. The number of carboxylic acid groups (broad SMARTS) is 1. The maximum Gasteiger partial charge on any atom is 0.341 e. The Balaban J connectivity index is 1.78. The van der Waals surface area contributed by atoms with Gasteiger partial charge in [-0.15, -0.1) is 11.3 Å². The molecule has 2 aromatic heterocycles. The average Bonchev–Trinajstić information content (AvgIpc) is 3.48. The molecule has 32 heavy (non-hydrogen) atoms. The van der Waals surface area contributed by atoms with E-state index in [9.17, 15) is 28.9 Å². The number of hydrogen-bond donors (Lipinski definition) is 4. The fourth-order valence-electron chi connectivity index (χ4n) is 4.17. The molecule has 1 atom stereocenters. The second-order valence-electron chi connectivity index (χ2n) is 8.06. The maximum absolute atomic E-state index is 12.9. The molecule has 2 aliphatic rings. The zero-order valence-electron chi connectivity index (χ0n) is 17.3. The predicted octanol–water partition coefficient (Wildman–Crippen LogP) is 3.78. The minimum atomic E-state index is -3.21. The third-order valence-electron chi connectivity index (χ3n) is 5.98. The van der Waals surface area contributed by atoms with Gasteiger partial charge in [0.05, 0.1) is 24.1 Å². The van der Waals surface area contributed by atoms with Crippen LogP contribution < -0.4 is 10.2 Å². The second-order valence-corrected chi connectivity index (χ2v) is 11.4. The molecular weight excluding hydrogens is 456 g/mol. The van der Waals surface area contributed by atoms with Crippen molar-refractivity contribution in [3.63, 3.8) is 0 Å². The summed E-state index contributed by atoms with van der Waals surface area (Å²) in [4.78, 5) is 25.1. The molecule has 5 rings (SSSR count). The van der Waals surface area contributed by atoms with Gasteiger partial charge in [0.25, 0.3) is 0 Å². The fraction of sp³-hybridized carbons (Fsp3) is 0.333. The second kappa shape index (κ2) is 7.30. The average molecular weight is 479 g/mol. The van der Waals surface area contributed by atoms with E-state index in [0.717, 1.165) is 24.2 Å². The first-order chi connectivity index (χ1) is 15.1. The van der Waals surface area contributed by atoms with Gasteiger partial charge in [-0.3, -0.25) is 13.9 Å². The van der Waals surface area contributed by atoms with Crippen molar-refractivity contribution in [2.75, 3.05) is 20.7 Å². The van der Waals surface area contributed by atoms with E-state index in [1.165, 1.54) is 17.6 Å². The molecule has 0 saturated heterocycles. The van der Waals surface area contributed by atoms with Gasteiger partial charge in [0.1, 0.15) is 9.77 Å². The van der Waals surface area contributed by atoms with Crippen LogP contribution in [0.15, 0.2) is 33.4 Å². The van der Waals surface area contributed by atoms with E-state index >= 15 is 0 Å². The van der Waals surface area contributed by atoms with Crippen molar-refractivity contribution in [3.05, 3.63) is 45.7 Å². The highest BCUT2D eigenvalue weighted by molar-refractivity contribution is 8.23. The Bertz CT molecular complexity index is 1330. The molecule has 0 amide bonds. The van der Waals surface area contributed by atoms with Gasteiger partial charge < -0.3 is 19.5 Å². The van der Waals surface area contributed by atoms with Gasteiger partial charge in [0, 0.05) is 41.8 Å². The van der Waals surface area contributed by atoms with Gasteiger partial charge in [0.2, 0.25) is 5.43 Å². The minimum Gasteiger partial charge on any atom is -0.494 e. The van der Waals surface area contributed by atoms with Crippen LogP contribution in [0.2, 0.25) is 0 Å². The molecule has 1 aliphatic heterocycles. The van der Waals surface area contributed by atoms with Crippen LogP contribution in [-0.2, 0) is 0 Å².